The second-order valence-electron chi connectivity index (χ2n) is 6.72. The molecule has 0 fully saturated rings. The van der Waals surface area contributed by atoms with E-state index in [1.807, 2.05) is 0 Å². The molecule has 2 heterocycles. The highest BCUT2D eigenvalue weighted by Gasteiger charge is 2.45. The molecule has 154 valence electrons. The maximum atomic E-state index is 12.8. The molecule has 0 saturated heterocycles. The van der Waals surface area contributed by atoms with Crippen LogP contribution in [-0.2, 0) is 14.3 Å². The van der Waals surface area contributed by atoms with Crippen molar-refractivity contribution in [2.45, 2.75) is 18.9 Å². The smallest absolute Gasteiger partial charge is 0.348 e. The van der Waals surface area contributed by atoms with Crippen molar-refractivity contribution in [3.05, 3.63) is 70.1 Å². The summed E-state index contributed by atoms with van der Waals surface area (Å²) in [5.41, 5.74) is 5.79. The van der Waals surface area contributed by atoms with Crippen molar-refractivity contribution in [1.29, 1.82) is 0 Å². The average molecular weight is 409 g/mol. The van der Waals surface area contributed by atoms with Crippen molar-refractivity contribution in [2.75, 3.05) is 13.2 Å². The maximum Gasteiger partial charge on any atom is 0.348 e. The van der Waals surface area contributed by atoms with Crippen LogP contribution in [0.4, 0.5) is 0 Å². The molecule has 0 aliphatic carbocycles. The Morgan fingerprint density at radius 1 is 1.10 bits per heavy atom. The lowest BCUT2D eigenvalue weighted by atomic mass is 9.88. The van der Waals surface area contributed by atoms with E-state index in [0.29, 0.717) is 28.0 Å². The number of rotatable bonds is 6. The van der Waals surface area contributed by atoms with Gasteiger partial charge in [-0.05, 0) is 36.8 Å². The van der Waals surface area contributed by atoms with Crippen molar-refractivity contribution in [3.8, 4) is 11.5 Å². The lowest BCUT2D eigenvalue weighted by Gasteiger charge is -2.17. The van der Waals surface area contributed by atoms with Gasteiger partial charge in [-0.2, -0.15) is 0 Å². The number of hydrogen-bond acceptors (Lipinski definition) is 7. The molecular formula is C22H19NO7. The van der Waals surface area contributed by atoms with Crippen LogP contribution in [0.5, 0.6) is 11.5 Å². The molecule has 1 aliphatic heterocycles. The van der Waals surface area contributed by atoms with Gasteiger partial charge in [-0.15, -0.1) is 0 Å². The van der Waals surface area contributed by atoms with Crippen LogP contribution in [-0.4, -0.2) is 31.2 Å². The second kappa shape index (κ2) is 7.90. The minimum absolute atomic E-state index is 0.178. The van der Waals surface area contributed by atoms with Gasteiger partial charge in [-0.3, -0.25) is 4.79 Å². The molecule has 0 bridgehead atoms. The normalized spacial score (nSPS) is 17.2. The van der Waals surface area contributed by atoms with Crippen molar-refractivity contribution >= 4 is 22.8 Å². The Balaban J connectivity index is 1.80. The molecule has 30 heavy (non-hydrogen) atoms. The summed E-state index contributed by atoms with van der Waals surface area (Å²) in [6.45, 7) is 1.62. The number of para-hydroxylation sites is 1. The predicted octanol–water partition coefficient (Wildman–Crippen LogP) is 2.11. The van der Waals surface area contributed by atoms with Gasteiger partial charge in [0.1, 0.15) is 17.1 Å². The zero-order valence-electron chi connectivity index (χ0n) is 16.1. The molecule has 2 N–H and O–H groups in total. The van der Waals surface area contributed by atoms with Crippen LogP contribution in [0.15, 0.2) is 57.7 Å². The van der Waals surface area contributed by atoms with Crippen LogP contribution >= 0.6 is 0 Å². The Labute approximate surface area is 171 Å². The molecule has 3 aromatic rings. The quantitative estimate of drug-likeness (QED) is 0.489. The summed E-state index contributed by atoms with van der Waals surface area (Å²) in [7, 11) is 0. The number of benzene rings is 2. The number of nitrogens with two attached hydrogens (primary N) is 1. The third-order valence-electron chi connectivity index (χ3n) is 4.80. The van der Waals surface area contributed by atoms with Gasteiger partial charge in [0.25, 0.3) is 5.91 Å². The van der Waals surface area contributed by atoms with Gasteiger partial charge < -0.3 is 24.4 Å². The van der Waals surface area contributed by atoms with E-state index in [1.165, 1.54) is 0 Å². The number of ether oxygens (including phenoxy) is 3. The fourth-order valence-corrected chi connectivity index (χ4v) is 3.55. The Bertz CT molecular complexity index is 1170. The van der Waals surface area contributed by atoms with Crippen LogP contribution in [0.1, 0.15) is 24.0 Å². The van der Waals surface area contributed by atoms with Crippen LogP contribution in [0, 0.1) is 0 Å². The van der Waals surface area contributed by atoms with E-state index in [1.54, 1.807) is 55.5 Å². The number of esters is 1. The van der Waals surface area contributed by atoms with Gasteiger partial charge in [0, 0.05) is 0 Å². The first kappa shape index (κ1) is 19.5. The van der Waals surface area contributed by atoms with E-state index < -0.39 is 29.5 Å². The van der Waals surface area contributed by atoms with Gasteiger partial charge >= 0.3 is 11.6 Å². The van der Waals surface area contributed by atoms with E-state index in [-0.39, 0.29) is 18.8 Å². The molecule has 0 saturated carbocycles. The van der Waals surface area contributed by atoms with Crippen LogP contribution < -0.4 is 20.8 Å². The van der Waals surface area contributed by atoms with Crippen molar-refractivity contribution < 1.29 is 28.2 Å². The van der Waals surface area contributed by atoms with E-state index in [4.69, 9.17) is 24.4 Å². The van der Waals surface area contributed by atoms with Crippen molar-refractivity contribution in [1.82, 2.24) is 0 Å². The average Bonchev–Trinajstić information content (AvgIpc) is 3.14. The lowest BCUT2D eigenvalue weighted by Crippen LogP contribution is -2.32. The van der Waals surface area contributed by atoms with Crippen LogP contribution in [0.25, 0.3) is 11.0 Å². The fraction of sp³-hybridized carbons (Fsp3) is 0.227. The summed E-state index contributed by atoms with van der Waals surface area (Å²) >= 11 is 0. The maximum absolute atomic E-state index is 12.8. The molecule has 8 heteroatoms. The number of hydrogen-bond donors (Lipinski definition) is 1. The Morgan fingerprint density at radius 2 is 1.83 bits per heavy atom. The fourth-order valence-electron chi connectivity index (χ4n) is 3.55. The zero-order valence-corrected chi connectivity index (χ0v) is 16.1. The molecular weight excluding hydrogens is 390 g/mol. The van der Waals surface area contributed by atoms with Crippen LogP contribution in [0.2, 0.25) is 0 Å². The zero-order chi connectivity index (χ0) is 21.3. The summed E-state index contributed by atoms with van der Waals surface area (Å²) in [5, 5.41) is 0.602. The number of carbonyl (C=O) groups is 2. The van der Waals surface area contributed by atoms with Crippen LogP contribution in [0.3, 0.4) is 0 Å². The molecule has 2 atom stereocenters. The SMILES string of the molecule is CCOC(=O)[C@H]1Oc2c(c(=O)oc3ccccc23)[C@@H]1c1ccc(OCC(N)=O)cc1. The minimum atomic E-state index is -1.04. The molecule has 4 rings (SSSR count). The number of fused-ring (bicyclic) bond motifs is 3. The highest BCUT2D eigenvalue weighted by Crippen LogP contribution is 2.44. The molecule has 1 aromatic heterocycles. The largest absolute Gasteiger partial charge is 0.484 e. The highest BCUT2D eigenvalue weighted by atomic mass is 16.6. The van der Waals surface area contributed by atoms with E-state index in [9.17, 15) is 14.4 Å². The Hall–Kier alpha value is -3.81. The third-order valence-corrected chi connectivity index (χ3v) is 4.80. The minimum Gasteiger partial charge on any atom is -0.484 e. The summed E-state index contributed by atoms with van der Waals surface area (Å²) in [4.78, 5) is 36.3. The summed E-state index contributed by atoms with van der Waals surface area (Å²) < 4.78 is 21.9. The van der Waals surface area contributed by atoms with Crippen molar-refractivity contribution in [3.63, 3.8) is 0 Å². The highest BCUT2D eigenvalue weighted by molar-refractivity contribution is 5.88. The molecule has 0 radical (unpaired) electrons. The monoisotopic (exact) mass is 409 g/mol. The summed E-state index contributed by atoms with van der Waals surface area (Å²) in [5.74, 6) is -1.14. The van der Waals surface area contributed by atoms with Gasteiger partial charge in [-0.25, -0.2) is 9.59 Å². The second-order valence-corrected chi connectivity index (χ2v) is 6.72. The number of carbonyl (C=O) groups excluding carboxylic acids is 2. The topological polar surface area (TPSA) is 118 Å². The van der Waals surface area contributed by atoms with E-state index in [2.05, 4.69) is 0 Å². The number of amides is 1. The summed E-state index contributed by atoms with van der Waals surface area (Å²) in [6.07, 6.45) is -1.04. The molecule has 8 nitrogen and oxygen atoms in total. The van der Waals surface area contributed by atoms with E-state index in [0.717, 1.165) is 0 Å². The third kappa shape index (κ3) is 3.47. The molecule has 1 aliphatic rings. The van der Waals surface area contributed by atoms with Gasteiger partial charge in [0.2, 0.25) is 6.10 Å². The first-order chi connectivity index (χ1) is 14.5. The standard InChI is InChI=1S/C22H19NO7/c1-2-27-22(26)20-17(12-7-9-13(10-8-12)28-11-16(23)24)18-19(30-20)14-5-3-4-6-15(14)29-21(18)25/h3-10,17,20H,2,11H2,1H3,(H2,23,24)/t17-,20-/m0/s1. The molecule has 0 spiro atoms. The molecule has 1 amide bonds. The molecule has 2 aromatic carbocycles. The predicted molar refractivity (Wildman–Crippen MR) is 107 cm³/mol. The van der Waals surface area contributed by atoms with Crippen molar-refractivity contribution in [2.24, 2.45) is 5.73 Å². The number of primary amides is 1. The first-order valence-corrected chi connectivity index (χ1v) is 9.39. The summed E-state index contributed by atoms with van der Waals surface area (Å²) in [6, 6.07) is 13.6. The van der Waals surface area contributed by atoms with Gasteiger partial charge in [0.15, 0.2) is 6.61 Å². The lowest BCUT2D eigenvalue weighted by molar-refractivity contribution is -0.151. The Morgan fingerprint density at radius 3 is 2.53 bits per heavy atom. The van der Waals surface area contributed by atoms with E-state index >= 15 is 0 Å². The first-order valence-electron chi connectivity index (χ1n) is 9.39. The van der Waals surface area contributed by atoms with Gasteiger partial charge in [0.05, 0.1) is 23.5 Å². The molecule has 0 unspecified atom stereocenters. The van der Waals surface area contributed by atoms with Gasteiger partial charge in [-0.1, -0.05) is 24.3 Å². The Kier molecular flexibility index (Phi) is 5.14.